The van der Waals surface area contributed by atoms with Crippen molar-refractivity contribution in [3.8, 4) is 11.1 Å². The van der Waals surface area contributed by atoms with E-state index in [2.05, 4.69) is 4.72 Å². The number of carbonyl (C=O) groups excluding carboxylic acids is 2. The van der Waals surface area contributed by atoms with Crippen LogP contribution in [0.25, 0.3) is 22.0 Å². The van der Waals surface area contributed by atoms with Crippen molar-refractivity contribution in [3.05, 3.63) is 54.0 Å². The number of primary amides is 1. The Labute approximate surface area is 210 Å². The largest absolute Gasteiger partial charge is 0.443 e. The molecule has 3 rings (SSSR count). The molecule has 1 amide bonds. The summed E-state index contributed by atoms with van der Waals surface area (Å²) in [7, 11) is -3.89. The van der Waals surface area contributed by atoms with Crippen LogP contribution in [0.4, 0.5) is 9.18 Å². The van der Waals surface area contributed by atoms with Crippen LogP contribution in [0, 0.1) is 11.7 Å². The van der Waals surface area contributed by atoms with Gasteiger partial charge in [-0.1, -0.05) is 19.9 Å². The monoisotopic (exact) mass is 517 g/mol. The summed E-state index contributed by atoms with van der Waals surface area (Å²) in [5.41, 5.74) is 6.59. The topological polar surface area (TPSA) is 120 Å². The number of nitrogens with two attached hydrogens (primary N) is 1. The first-order chi connectivity index (χ1) is 16.7. The van der Waals surface area contributed by atoms with Crippen molar-refractivity contribution in [2.75, 3.05) is 6.54 Å². The molecule has 8 nitrogen and oxygen atoms in total. The molecule has 0 spiro atoms. The lowest BCUT2D eigenvalue weighted by Gasteiger charge is -2.19. The van der Waals surface area contributed by atoms with E-state index in [4.69, 9.17) is 10.5 Å². The lowest BCUT2D eigenvalue weighted by Crippen LogP contribution is -2.28. The number of nitrogens with one attached hydrogen (secondary N) is 1. The number of sulfonamides is 1. The summed E-state index contributed by atoms with van der Waals surface area (Å²) in [4.78, 5) is 24.0. The second kappa shape index (κ2) is 10.4. The maximum absolute atomic E-state index is 14.1. The van der Waals surface area contributed by atoms with Crippen molar-refractivity contribution in [2.45, 2.75) is 58.0 Å². The van der Waals surface area contributed by atoms with Gasteiger partial charge in [0, 0.05) is 30.1 Å². The van der Waals surface area contributed by atoms with E-state index < -0.39 is 33.4 Å². The Bertz CT molecular complexity index is 1400. The normalized spacial score (nSPS) is 12.3. The third-order valence-electron chi connectivity index (χ3n) is 5.31. The predicted octanol–water partition coefficient (Wildman–Crippen LogP) is 4.58. The number of benzene rings is 2. The summed E-state index contributed by atoms with van der Waals surface area (Å²) in [6.45, 7) is 9.07. The van der Waals surface area contributed by atoms with Crippen LogP contribution in [0.2, 0.25) is 0 Å². The molecule has 0 radical (unpaired) electrons. The molecule has 1 aromatic heterocycles. The Kier molecular flexibility index (Phi) is 7.90. The zero-order chi connectivity index (χ0) is 26.8. The summed E-state index contributed by atoms with van der Waals surface area (Å²) < 4.78 is 49.2. The molecule has 194 valence electrons. The quantitative estimate of drug-likeness (QED) is 0.453. The minimum atomic E-state index is -3.89. The van der Waals surface area contributed by atoms with Gasteiger partial charge in [0.25, 0.3) is 0 Å². The van der Waals surface area contributed by atoms with Gasteiger partial charge in [-0.2, -0.15) is 0 Å². The number of fused-ring (bicyclic) bond motifs is 1. The van der Waals surface area contributed by atoms with E-state index in [9.17, 15) is 22.4 Å². The first-order valence-corrected chi connectivity index (χ1v) is 13.1. The lowest BCUT2D eigenvalue weighted by molar-refractivity contribution is -0.117. The van der Waals surface area contributed by atoms with Crippen molar-refractivity contribution < 1.29 is 27.1 Å². The lowest BCUT2D eigenvalue weighted by atomic mass is 9.97. The van der Waals surface area contributed by atoms with E-state index in [1.807, 2.05) is 13.8 Å². The number of rotatable bonds is 8. The highest BCUT2D eigenvalue weighted by molar-refractivity contribution is 7.89. The van der Waals surface area contributed by atoms with Crippen LogP contribution in [0.3, 0.4) is 0 Å². The van der Waals surface area contributed by atoms with Gasteiger partial charge in [-0.15, -0.1) is 0 Å². The van der Waals surface area contributed by atoms with Crippen LogP contribution in [-0.4, -0.2) is 37.1 Å². The van der Waals surface area contributed by atoms with Crippen molar-refractivity contribution in [3.63, 3.8) is 0 Å². The summed E-state index contributed by atoms with van der Waals surface area (Å²) in [5.74, 6) is -0.953. The Morgan fingerprint density at radius 3 is 2.44 bits per heavy atom. The number of hydrogen-bond donors (Lipinski definition) is 2. The van der Waals surface area contributed by atoms with Gasteiger partial charge in [0.2, 0.25) is 15.9 Å². The highest BCUT2D eigenvalue weighted by Crippen LogP contribution is 2.34. The van der Waals surface area contributed by atoms with E-state index in [1.165, 1.54) is 22.8 Å². The van der Waals surface area contributed by atoms with Crippen LogP contribution in [0.15, 0.2) is 47.5 Å². The van der Waals surface area contributed by atoms with E-state index in [0.717, 1.165) is 0 Å². The predicted molar refractivity (Wildman–Crippen MR) is 137 cm³/mol. The SMILES string of the molecule is CC(C)Cc1cc(-c2cn(C(=O)OC(C)(C)C)c3cc(F)ccc23)ccc1S(=O)(=O)NCCC(N)=O. The maximum Gasteiger partial charge on any atom is 0.419 e. The van der Waals surface area contributed by atoms with E-state index in [-0.39, 0.29) is 23.8 Å². The second-order valence-electron chi connectivity index (χ2n) is 10.1. The van der Waals surface area contributed by atoms with E-state index in [0.29, 0.717) is 34.0 Å². The molecular weight excluding hydrogens is 485 g/mol. The zero-order valence-corrected chi connectivity index (χ0v) is 21.9. The van der Waals surface area contributed by atoms with Gasteiger partial charge < -0.3 is 10.5 Å². The van der Waals surface area contributed by atoms with Crippen molar-refractivity contribution in [2.24, 2.45) is 11.7 Å². The van der Waals surface area contributed by atoms with Gasteiger partial charge in [0.05, 0.1) is 10.4 Å². The molecule has 0 saturated carbocycles. The van der Waals surface area contributed by atoms with Gasteiger partial charge in [0.1, 0.15) is 11.4 Å². The minimum Gasteiger partial charge on any atom is -0.443 e. The van der Waals surface area contributed by atoms with Crippen LogP contribution in [-0.2, 0) is 26.0 Å². The van der Waals surface area contributed by atoms with Crippen molar-refractivity contribution >= 4 is 32.9 Å². The minimum absolute atomic E-state index is 0.102. The fourth-order valence-corrected chi connectivity index (χ4v) is 5.15. The fraction of sp³-hybridized carbons (Fsp3) is 0.385. The first kappa shape index (κ1) is 27.3. The van der Waals surface area contributed by atoms with Gasteiger partial charge in [-0.3, -0.25) is 9.36 Å². The molecule has 2 aromatic carbocycles. The van der Waals surface area contributed by atoms with Crippen LogP contribution in [0.1, 0.15) is 46.6 Å². The molecule has 0 unspecified atom stereocenters. The number of hydrogen-bond acceptors (Lipinski definition) is 5. The molecule has 0 bridgehead atoms. The molecular formula is C26H32FN3O5S. The van der Waals surface area contributed by atoms with Gasteiger partial charge in [0.15, 0.2) is 0 Å². The molecule has 3 N–H and O–H groups in total. The van der Waals surface area contributed by atoms with Crippen LogP contribution >= 0.6 is 0 Å². The van der Waals surface area contributed by atoms with Gasteiger partial charge >= 0.3 is 6.09 Å². The summed E-state index contributed by atoms with van der Waals surface area (Å²) in [5, 5.41) is 0.618. The van der Waals surface area contributed by atoms with Crippen molar-refractivity contribution in [1.82, 2.24) is 9.29 Å². The van der Waals surface area contributed by atoms with Crippen molar-refractivity contribution in [1.29, 1.82) is 0 Å². The second-order valence-corrected chi connectivity index (χ2v) is 11.8. The third-order valence-corrected chi connectivity index (χ3v) is 6.87. The first-order valence-electron chi connectivity index (χ1n) is 11.6. The Morgan fingerprint density at radius 2 is 1.83 bits per heavy atom. The molecule has 1 heterocycles. The smallest absolute Gasteiger partial charge is 0.419 e. The maximum atomic E-state index is 14.1. The molecule has 10 heteroatoms. The van der Waals surface area contributed by atoms with E-state index in [1.54, 1.807) is 45.2 Å². The molecule has 0 atom stereocenters. The third kappa shape index (κ3) is 6.50. The number of carbonyl (C=O) groups is 2. The molecule has 0 fully saturated rings. The number of aromatic nitrogens is 1. The molecule has 0 aliphatic heterocycles. The Hall–Kier alpha value is -3.24. The van der Waals surface area contributed by atoms with Gasteiger partial charge in [-0.05, 0) is 74.6 Å². The standard InChI is InChI=1S/C26H32FN3O5S/c1-16(2)12-18-13-17(6-9-23(18)36(33,34)29-11-10-24(28)31)21-15-30(25(32)35-26(3,4)5)22-14-19(27)7-8-20(21)22/h6-9,13-16,29H,10-12H2,1-5H3,(H2,28,31). The summed E-state index contributed by atoms with van der Waals surface area (Å²) in [6.07, 6.45) is 1.28. The molecule has 36 heavy (non-hydrogen) atoms. The number of halogens is 1. The molecule has 0 saturated heterocycles. The highest BCUT2D eigenvalue weighted by atomic mass is 32.2. The number of ether oxygens (including phenoxy) is 1. The Morgan fingerprint density at radius 1 is 1.14 bits per heavy atom. The van der Waals surface area contributed by atoms with Crippen LogP contribution in [0.5, 0.6) is 0 Å². The molecule has 0 aliphatic carbocycles. The molecule has 3 aromatic rings. The number of nitrogens with zero attached hydrogens (tertiary/aromatic N) is 1. The summed E-state index contributed by atoms with van der Waals surface area (Å²) >= 11 is 0. The average Bonchev–Trinajstić information content (AvgIpc) is 3.10. The fourth-order valence-electron chi connectivity index (χ4n) is 3.89. The molecule has 0 aliphatic rings. The van der Waals surface area contributed by atoms with Crippen LogP contribution < -0.4 is 10.5 Å². The number of amides is 1. The summed E-state index contributed by atoms with van der Waals surface area (Å²) in [6, 6.07) is 9.06. The zero-order valence-electron chi connectivity index (χ0n) is 21.1. The van der Waals surface area contributed by atoms with Gasteiger partial charge in [-0.25, -0.2) is 22.3 Å². The highest BCUT2D eigenvalue weighted by Gasteiger charge is 2.24. The average molecular weight is 518 g/mol. The van der Waals surface area contributed by atoms with E-state index >= 15 is 0 Å². The Balaban J connectivity index is 2.13.